The number of thiophene rings is 1. The van der Waals surface area contributed by atoms with Crippen LogP contribution in [0.15, 0.2) is 35.3 Å². The lowest BCUT2D eigenvalue weighted by atomic mass is 10.2. The quantitative estimate of drug-likeness (QED) is 0.258. The summed E-state index contributed by atoms with van der Waals surface area (Å²) in [6, 6.07) is 10.0. The minimum atomic E-state index is -0.626. The van der Waals surface area contributed by atoms with Gasteiger partial charge in [-0.15, -0.1) is 35.3 Å². The van der Waals surface area contributed by atoms with Crippen molar-refractivity contribution in [3.05, 3.63) is 35.2 Å². The van der Waals surface area contributed by atoms with E-state index in [9.17, 15) is 9.90 Å². The second-order valence-corrected chi connectivity index (χ2v) is 6.58. The van der Waals surface area contributed by atoms with Crippen LogP contribution in [0.4, 0.5) is 0 Å². The number of hydrogen-bond donors (Lipinski definition) is 3. The number of guanidine groups is 1. The molecular weight excluding hydrogens is 453 g/mol. The molecule has 0 fully saturated rings. The number of esters is 1. The summed E-state index contributed by atoms with van der Waals surface area (Å²) in [6.45, 7) is 2.52. The van der Waals surface area contributed by atoms with Crippen molar-refractivity contribution in [3.63, 3.8) is 0 Å². The zero-order chi connectivity index (χ0) is 17.5. The molecule has 1 aromatic carbocycles. The number of aliphatic hydroxyl groups is 1. The predicted octanol–water partition coefficient (Wildman–Crippen LogP) is 2.53. The van der Waals surface area contributed by atoms with Gasteiger partial charge in [0.15, 0.2) is 5.96 Å². The molecule has 138 valence electrons. The van der Waals surface area contributed by atoms with Crippen LogP contribution >= 0.6 is 35.3 Å². The number of nitrogens with zero attached hydrogens (tertiary/aromatic N) is 1. The van der Waals surface area contributed by atoms with Crippen LogP contribution in [0.2, 0.25) is 0 Å². The number of aliphatic imine (C=N–C) groups is 1. The first-order valence-corrected chi connectivity index (χ1v) is 8.55. The van der Waals surface area contributed by atoms with Crippen molar-refractivity contribution >= 4 is 57.3 Å². The number of benzene rings is 1. The Morgan fingerprint density at radius 1 is 1.32 bits per heavy atom. The first-order chi connectivity index (χ1) is 11.5. The third-order valence-corrected chi connectivity index (χ3v) is 4.86. The molecular formula is C17H24IN3O3S. The minimum absolute atomic E-state index is 0. The smallest absolute Gasteiger partial charge is 0.310 e. The third kappa shape index (κ3) is 6.12. The Bertz CT molecular complexity index is 687. The molecule has 8 heteroatoms. The van der Waals surface area contributed by atoms with Gasteiger partial charge >= 0.3 is 5.97 Å². The van der Waals surface area contributed by atoms with E-state index in [1.807, 2.05) is 30.3 Å². The lowest BCUT2D eigenvalue weighted by molar-refractivity contribution is -0.144. The average Bonchev–Trinajstić information content (AvgIpc) is 3.04. The number of fused-ring (bicyclic) bond motifs is 1. The molecule has 2 unspecified atom stereocenters. The van der Waals surface area contributed by atoms with Gasteiger partial charge in [0.2, 0.25) is 0 Å². The Hall–Kier alpha value is -1.39. The summed E-state index contributed by atoms with van der Waals surface area (Å²) in [5.74, 6) is -0.0183. The lowest BCUT2D eigenvalue weighted by Crippen LogP contribution is -2.42. The maximum Gasteiger partial charge on any atom is 0.310 e. The topological polar surface area (TPSA) is 83.0 Å². The van der Waals surface area contributed by atoms with Gasteiger partial charge in [-0.2, -0.15) is 0 Å². The summed E-state index contributed by atoms with van der Waals surface area (Å²) in [5.41, 5.74) is 0. The molecule has 1 aromatic heterocycles. The molecule has 0 aliphatic carbocycles. The largest absolute Gasteiger partial charge is 0.469 e. The molecule has 6 nitrogen and oxygen atoms in total. The van der Waals surface area contributed by atoms with Crippen LogP contribution in [-0.4, -0.2) is 44.3 Å². The zero-order valence-electron chi connectivity index (χ0n) is 14.5. The van der Waals surface area contributed by atoms with E-state index in [-0.39, 0.29) is 35.9 Å². The van der Waals surface area contributed by atoms with Crippen molar-refractivity contribution in [2.45, 2.75) is 13.0 Å². The summed E-state index contributed by atoms with van der Waals surface area (Å²) >= 11 is 1.58. The van der Waals surface area contributed by atoms with E-state index >= 15 is 0 Å². The molecule has 0 aliphatic rings. The normalized spacial score (nSPS) is 13.7. The molecule has 1 heterocycles. The van der Waals surface area contributed by atoms with Gasteiger partial charge in [0, 0.05) is 29.7 Å². The summed E-state index contributed by atoms with van der Waals surface area (Å²) < 4.78 is 5.84. The number of carbonyl (C=O) groups is 1. The van der Waals surface area contributed by atoms with E-state index in [0.29, 0.717) is 19.0 Å². The number of halogens is 1. The average molecular weight is 477 g/mol. The van der Waals surface area contributed by atoms with Crippen molar-refractivity contribution < 1.29 is 14.6 Å². The van der Waals surface area contributed by atoms with E-state index in [0.717, 1.165) is 15.0 Å². The Balaban J connectivity index is 0.00000312. The van der Waals surface area contributed by atoms with Crippen LogP contribution in [0.1, 0.15) is 17.9 Å². The second-order valence-electron chi connectivity index (χ2n) is 5.46. The van der Waals surface area contributed by atoms with Crippen molar-refractivity contribution in [1.29, 1.82) is 0 Å². The molecule has 25 heavy (non-hydrogen) atoms. The van der Waals surface area contributed by atoms with E-state index in [1.165, 1.54) is 7.11 Å². The number of hydrogen-bond acceptors (Lipinski definition) is 5. The number of ether oxygens (including phenoxy) is 1. The molecule has 2 atom stereocenters. The number of methoxy groups -OCH3 is 1. The molecule has 0 aliphatic heterocycles. The molecule has 0 bridgehead atoms. The van der Waals surface area contributed by atoms with Gasteiger partial charge in [0.1, 0.15) is 6.10 Å². The third-order valence-electron chi connectivity index (χ3n) is 3.64. The van der Waals surface area contributed by atoms with Gasteiger partial charge in [-0.3, -0.25) is 9.79 Å². The minimum Gasteiger partial charge on any atom is -0.469 e. The van der Waals surface area contributed by atoms with Gasteiger partial charge in [-0.05, 0) is 17.5 Å². The fourth-order valence-electron chi connectivity index (χ4n) is 2.22. The van der Waals surface area contributed by atoms with Crippen molar-refractivity contribution in [1.82, 2.24) is 10.6 Å². The van der Waals surface area contributed by atoms with Crippen LogP contribution in [0.25, 0.3) is 10.1 Å². The van der Waals surface area contributed by atoms with Gasteiger partial charge in [0.25, 0.3) is 0 Å². The molecule has 2 rings (SSSR count). The fourth-order valence-corrected chi connectivity index (χ4v) is 3.27. The van der Waals surface area contributed by atoms with E-state index in [4.69, 9.17) is 0 Å². The van der Waals surface area contributed by atoms with Gasteiger partial charge < -0.3 is 20.5 Å². The van der Waals surface area contributed by atoms with Crippen LogP contribution in [0.5, 0.6) is 0 Å². The fraction of sp³-hybridized carbons (Fsp3) is 0.412. The number of rotatable bonds is 6. The Morgan fingerprint density at radius 3 is 2.64 bits per heavy atom. The highest BCUT2D eigenvalue weighted by Crippen LogP contribution is 2.29. The maximum atomic E-state index is 11.4. The van der Waals surface area contributed by atoms with E-state index in [2.05, 4.69) is 20.4 Å². The maximum absolute atomic E-state index is 11.4. The summed E-state index contributed by atoms with van der Waals surface area (Å²) in [4.78, 5) is 16.4. The van der Waals surface area contributed by atoms with Gasteiger partial charge in [-0.1, -0.05) is 25.1 Å². The summed E-state index contributed by atoms with van der Waals surface area (Å²) in [7, 11) is 3.01. The van der Waals surface area contributed by atoms with Crippen LogP contribution in [-0.2, 0) is 9.53 Å². The molecule has 0 saturated heterocycles. The molecule has 0 saturated carbocycles. The van der Waals surface area contributed by atoms with Crippen molar-refractivity contribution in [2.24, 2.45) is 10.9 Å². The summed E-state index contributed by atoms with van der Waals surface area (Å²) in [5, 5.41) is 17.6. The first kappa shape index (κ1) is 21.7. The molecule has 2 aromatic rings. The van der Waals surface area contributed by atoms with Crippen molar-refractivity contribution in [3.8, 4) is 0 Å². The number of aliphatic hydroxyl groups excluding tert-OH is 1. The SMILES string of the molecule is CN=C(NCC(C)C(=O)OC)NCC(O)c1cc2ccccc2s1.I. The second kappa shape index (κ2) is 10.6. The van der Waals surface area contributed by atoms with E-state index in [1.54, 1.807) is 25.3 Å². The zero-order valence-corrected chi connectivity index (χ0v) is 17.6. The molecule has 0 spiro atoms. The monoisotopic (exact) mass is 477 g/mol. The van der Waals surface area contributed by atoms with Crippen LogP contribution in [0.3, 0.4) is 0 Å². The van der Waals surface area contributed by atoms with Crippen molar-refractivity contribution in [2.75, 3.05) is 27.2 Å². The number of carbonyl (C=O) groups excluding carboxylic acids is 1. The first-order valence-electron chi connectivity index (χ1n) is 7.74. The Kier molecular flexibility index (Phi) is 9.15. The van der Waals surface area contributed by atoms with E-state index < -0.39 is 6.10 Å². The Labute approximate surface area is 168 Å². The summed E-state index contributed by atoms with van der Waals surface area (Å²) in [6.07, 6.45) is -0.626. The van der Waals surface area contributed by atoms with Gasteiger partial charge in [0.05, 0.1) is 13.0 Å². The Morgan fingerprint density at radius 2 is 2.00 bits per heavy atom. The predicted molar refractivity (Wildman–Crippen MR) is 113 cm³/mol. The van der Waals surface area contributed by atoms with Crippen LogP contribution < -0.4 is 10.6 Å². The molecule has 0 amide bonds. The standard InChI is InChI=1S/C17H23N3O3S.HI/c1-11(16(22)23-3)9-19-17(18-2)20-10-13(21)15-8-12-6-4-5-7-14(12)24-15;/h4-8,11,13,21H,9-10H2,1-3H3,(H2,18,19,20);1H. The number of nitrogens with one attached hydrogen (secondary N) is 2. The van der Waals surface area contributed by atoms with Crippen LogP contribution in [0, 0.1) is 5.92 Å². The van der Waals surface area contributed by atoms with Gasteiger partial charge in [-0.25, -0.2) is 0 Å². The lowest BCUT2D eigenvalue weighted by Gasteiger charge is -2.16. The highest BCUT2D eigenvalue weighted by molar-refractivity contribution is 14.0. The molecule has 3 N–H and O–H groups in total. The highest BCUT2D eigenvalue weighted by Gasteiger charge is 2.15. The molecule has 0 radical (unpaired) electrons. The highest BCUT2D eigenvalue weighted by atomic mass is 127.